The SMILES string of the molecule is CCCOCC(O)C[N+]1(C)CCN=C1c1ccccc1. The van der Waals surface area contributed by atoms with E-state index in [1.165, 1.54) is 0 Å². The van der Waals surface area contributed by atoms with E-state index in [1.807, 2.05) is 18.2 Å². The second-order valence-corrected chi connectivity index (χ2v) is 5.60. The first-order chi connectivity index (χ1) is 9.65. The summed E-state index contributed by atoms with van der Waals surface area (Å²) in [5, 5.41) is 10.2. The van der Waals surface area contributed by atoms with Gasteiger partial charge in [-0.05, 0) is 18.6 Å². The van der Waals surface area contributed by atoms with Crippen LogP contribution in [0, 0.1) is 0 Å². The number of quaternary nitrogens is 1. The van der Waals surface area contributed by atoms with Gasteiger partial charge in [0, 0.05) is 6.61 Å². The monoisotopic (exact) mass is 277 g/mol. The Morgan fingerprint density at radius 2 is 2.10 bits per heavy atom. The summed E-state index contributed by atoms with van der Waals surface area (Å²) in [6, 6.07) is 10.2. The van der Waals surface area contributed by atoms with Gasteiger partial charge < -0.3 is 9.84 Å². The van der Waals surface area contributed by atoms with Gasteiger partial charge in [-0.25, -0.2) is 4.99 Å². The largest absolute Gasteiger partial charge is 0.385 e. The molecule has 0 aliphatic carbocycles. The third kappa shape index (κ3) is 3.66. The summed E-state index contributed by atoms with van der Waals surface area (Å²) in [6.07, 6.45) is 0.536. The number of likely N-dealkylation sites (N-methyl/N-ethyl adjacent to an activating group) is 1. The Balaban J connectivity index is 2.00. The van der Waals surface area contributed by atoms with Crippen LogP contribution in [0.5, 0.6) is 0 Å². The van der Waals surface area contributed by atoms with E-state index >= 15 is 0 Å². The van der Waals surface area contributed by atoms with Gasteiger partial charge in [-0.1, -0.05) is 25.1 Å². The third-order valence-electron chi connectivity index (χ3n) is 3.67. The number of rotatable bonds is 7. The fourth-order valence-electron chi connectivity index (χ4n) is 2.70. The summed E-state index contributed by atoms with van der Waals surface area (Å²) in [5.41, 5.74) is 1.15. The van der Waals surface area contributed by atoms with E-state index in [2.05, 4.69) is 31.1 Å². The Morgan fingerprint density at radius 1 is 1.35 bits per heavy atom. The van der Waals surface area contributed by atoms with Gasteiger partial charge in [-0.15, -0.1) is 0 Å². The molecule has 0 radical (unpaired) electrons. The molecule has 0 spiro atoms. The van der Waals surface area contributed by atoms with Gasteiger partial charge in [-0.3, -0.25) is 4.48 Å². The minimum Gasteiger partial charge on any atom is -0.385 e. The van der Waals surface area contributed by atoms with Gasteiger partial charge in [0.15, 0.2) is 0 Å². The molecule has 0 saturated heterocycles. The van der Waals surface area contributed by atoms with Gasteiger partial charge in [0.25, 0.3) is 0 Å². The van der Waals surface area contributed by atoms with E-state index in [1.54, 1.807) is 0 Å². The zero-order valence-electron chi connectivity index (χ0n) is 12.5. The molecule has 1 aromatic rings. The van der Waals surface area contributed by atoms with Crippen LogP contribution in [0.3, 0.4) is 0 Å². The lowest BCUT2D eigenvalue weighted by Gasteiger charge is -2.32. The molecular weight excluding hydrogens is 252 g/mol. The van der Waals surface area contributed by atoms with Gasteiger partial charge >= 0.3 is 0 Å². The number of amidine groups is 1. The molecule has 0 aromatic heterocycles. The fraction of sp³-hybridized carbons (Fsp3) is 0.562. The highest BCUT2D eigenvalue weighted by Crippen LogP contribution is 2.19. The van der Waals surface area contributed by atoms with Crippen molar-refractivity contribution in [2.24, 2.45) is 4.99 Å². The number of aliphatic imine (C=N–C) groups is 1. The first kappa shape index (κ1) is 15.2. The zero-order valence-corrected chi connectivity index (χ0v) is 12.5. The number of nitrogens with zero attached hydrogens (tertiary/aromatic N) is 2. The zero-order chi connectivity index (χ0) is 14.4. The number of aliphatic hydroxyl groups is 1. The molecule has 0 fully saturated rings. The molecule has 110 valence electrons. The van der Waals surface area contributed by atoms with Crippen LogP contribution in [0.15, 0.2) is 35.3 Å². The average molecular weight is 277 g/mol. The number of ether oxygens (including phenoxy) is 1. The topological polar surface area (TPSA) is 41.8 Å². The van der Waals surface area contributed by atoms with Gasteiger partial charge in [0.1, 0.15) is 19.2 Å². The summed E-state index contributed by atoms with van der Waals surface area (Å²) >= 11 is 0. The number of aliphatic hydroxyl groups excluding tert-OH is 1. The Bertz CT molecular complexity index is 447. The van der Waals surface area contributed by atoms with E-state index in [-0.39, 0.29) is 0 Å². The predicted molar refractivity (Wildman–Crippen MR) is 80.9 cm³/mol. The van der Waals surface area contributed by atoms with Crippen LogP contribution in [0.1, 0.15) is 18.9 Å². The molecule has 2 unspecified atom stereocenters. The summed E-state index contributed by atoms with van der Waals surface area (Å²) in [4.78, 5) is 4.65. The summed E-state index contributed by atoms with van der Waals surface area (Å²) < 4.78 is 6.12. The third-order valence-corrected chi connectivity index (χ3v) is 3.67. The standard InChI is InChI=1S/C16H25N2O2/c1-3-11-20-13-15(19)12-18(2)10-9-17-16(18)14-7-5-4-6-8-14/h4-8,15,19H,3,9-13H2,1-2H3/q+1. The maximum absolute atomic E-state index is 10.2. The molecule has 1 aromatic carbocycles. The van der Waals surface area contributed by atoms with E-state index in [0.717, 1.165) is 30.9 Å². The van der Waals surface area contributed by atoms with Crippen LogP contribution in [-0.4, -0.2) is 61.4 Å². The van der Waals surface area contributed by atoms with E-state index < -0.39 is 6.10 Å². The molecule has 2 rings (SSSR count). The fourth-order valence-corrected chi connectivity index (χ4v) is 2.70. The minimum atomic E-state index is -0.446. The van der Waals surface area contributed by atoms with Crippen molar-refractivity contribution in [1.29, 1.82) is 0 Å². The summed E-state index contributed by atoms with van der Waals surface area (Å²) in [7, 11) is 2.14. The van der Waals surface area contributed by atoms with E-state index in [4.69, 9.17) is 4.74 Å². The lowest BCUT2D eigenvalue weighted by Crippen LogP contribution is -2.52. The lowest BCUT2D eigenvalue weighted by atomic mass is 10.1. The highest BCUT2D eigenvalue weighted by molar-refractivity contribution is 5.94. The van der Waals surface area contributed by atoms with Crippen molar-refractivity contribution in [3.63, 3.8) is 0 Å². The molecule has 0 amide bonds. The van der Waals surface area contributed by atoms with Crippen LogP contribution in [0.2, 0.25) is 0 Å². The van der Waals surface area contributed by atoms with Crippen molar-refractivity contribution < 1.29 is 14.3 Å². The lowest BCUT2D eigenvalue weighted by molar-refractivity contribution is -0.817. The van der Waals surface area contributed by atoms with Crippen LogP contribution in [0.25, 0.3) is 0 Å². The normalized spacial score (nSPS) is 23.6. The summed E-state index contributed by atoms with van der Waals surface area (Å²) in [5.74, 6) is 1.07. The molecule has 1 aliphatic heterocycles. The Hall–Kier alpha value is -1.23. The van der Waals surface area contributed by atoms with Crippen molar-refractivity contribution in [2.75, 3.05) is 39.9 Å². The maximum atomic E-state index is 10.2. The van der Waals surface area contributed by atoms with Crippen LogP contribution in [-0.2, 0) is 4.74 Å². The molecule has 2 atom stereocenters. The second-order valence-electron chi connectivity index (χ2n) is 5.60. The van der Waals surface area contributed by atoms with Crippen molar-refractivity contribution in [3.05, 3.63) is 35.9 Å². The van der Waals surface area contributed by atoms with Crippen LogP contribution >= 0.6 is 0 Å². The van der Waals surface area contributed by atoms with E-state index in [9.17, 15) is 5.11 Å². The molecule has 4 heteroatoms. The molecule has 1 N–H and O–H groups in total. The van der Waals surface area contributed by atoms with Crippen molar-refractivity contribution in [1.82, 2.24) is 0 Å². The van der Waals surface area contributed by atoms with Crippen LogP contribution in [0.4, 0.5) is 0 Å². The number of hydrogen-bond donors (Lipinski definition) is 1. The minimum absolute atomic E-state index is 0.406. The van der Waals surface area contributed by atoms with Crippen molar-refractivity contribution in [2.45, 2.75) is 19.4 Å². The molecular formula is C16H25N2O2+. The van der Waals surface area contributed by atoms with E-state index in [0.29, 0.717) is 24.2 Å². The molecule has 0 saturated carbocycles. The average Bonchev–Trinajstić information content (AvgIpc) is 2.81. The molecule has 20 heavy (non-hydrogen) atoms. The number of benzene rings is 1. The van der Waals surface area contributed by atoms with Crippen molar-refractivity contribution in [3.8, 4) is 0 Å². The quantitative estimate of drug-likeness (QED) is 0.608. The van der Waals surface area contributed by atoms with Crippen LogP contribution < -0.4 is 0 Å². The van der Waals surface area contributed by atoms with Gasteiger partial charge in [-0.2, -0.15) is 0 Å². The summed E-state index contributed by atoms with van der Waals surface area (Å²) in [6.45, 7) is 5.60. The maximum Gasteiger partial charge on any atom is 0.230 e. The van der Waals surface area contributed by atoms with Gasteiger partial charge in [0.05, 0.1) is 25.8 Å². The smallest absolute Gasteiger partial charge is 0.230 e. The molecule has 0 bridgehead atoms. The first-order valence-corrected chi connectivity index (χ1v) is 7.36. The van der Waals surface area contributed by atoms with Gasteiger partial charge in [0.2, 0.25) is 5.84 Å². The second kappa shape index (κ2) is 6.97. The number of hydrogen-bond acceptors (Lipinski definition) is 3. The predicted octanol–water partition coefficient (Wildman–Crippen LogP) is 1.68. The van der Waals surface area contributed by atoms with Crippen molar-refractivity contribution >= 4 is 5.84 Å². The molecule has 1 heterocycles. The highest BCUT2D eigenvalue weighted by Gasteiger charge is 2.36. The Kier molecular flexibility index (Phi) is 5.29. The highest BCUT2D eigenvalue weighted by atomic mass is 16.5. The Morgan fingerprint density at radius 3 is 2.80 bits per heavy atom. The first-order valence-electron chi connectivity index (χ1n) is 7.36. The molecule has 1 aliphatic rings. The molecule has 4 nitrogen and oxygen atoms in total. The Labute approximate surface area is 121 Å².